The van der Waals surface area contributed by atoms with E-state index >= 15 is 0 Å². The molecule has 0 aromatic carbocycles. The predicted octanol–water partition coefficient (Wildman–Crippen LogP) is 1.81. The van der Waals surface area contributed by atoms with Crippen LogP contribution in [-0.2, 0) is 13.1 Å². The number of hydrogen-bond donors (Lipinski definition) is 1. The van der Waals surface area contributed by atoms with Gasteiger partial charge >= 0.3 is 0 Å². The quantitative estimate of drug-likeness (QED) is 0.827. The van der Waals surface area contributed by atoms with E-state index in [9.17, 15) is 4.79 Å². The van der Waals surface area contributed by atoms with Gasteiger partial charge in [0.15, 0.2) is 0 Å². The molecule has 5 nitrogen and oxygen atoms in total. The smallest absolute Gasteiger partial charge is 0.268 e. The molecule has 0 aliphatic carbocycles. The van der Waals surface area contributed by atoms with Crippen LogP contribution in [0.4, 0.5) is 5.69 Å². The van der Waals surface area contributed by atoms with Crippen molar-refractivity contribution in [2.24, 2.45) is 0 Å². The number of anilines is 1. The number of thiophene rings is 1. The van der Waals surface area contributed by atoms with Crippen LogP contribution in [0.3, 0.4) is 0 Å². The Morgan fingerprint density at radius 1 is 1.45 bits per heavy atom. The molecule has 0 atom stereocenters. The van der Waals surface area contributed by atoms with Gasteiger partial charge in [0.25, 0.3) is 5.56 Å². The van der Waals surface area contributed by atoms with Crippen molar-refractivity contribution in [3.8, 4) is 0 Å². The molecule has 0 fully saturated rings. The maximum Gasteiger partial charge on any atom is 0.268 e. The van der Waals surface area contributed by atoms with Gasteiger partial charge in [-0.2, -0.15) is 5.10 Å². The molecule has 20 heavy (non-hydrogen) atoms. The molecule has 0 aliphatic rings. The molecule has 2 aromatic rings. The molecule has 0 amide bonds. The molecule has 7 heteroatoms. The molecule has 2 rings (SSSR count). The molecular formula is C13H17ClN4OS. The third kappa shape index (κ3) is 4.06. The first-order chi connectivity index (χ1) is 9.56. The van der Waals surface area contributed by atoms with Crippen molar-refractivity contribution in [2.45, 2.75) is 13.1 Å². The van der Waals surface area contributed by atoms with Gasteiger partial charge in [0.1, 0.15) is 0 Å². The lowest BCUT2D eigenvalue weighted by molar-refractivity contribution is 0.533. The van der Waals surface area contributed by atoms with Gasteiger partial charge in [-0.25, -0.2) is 4.68 Å². The number of hydrogen-bond acceptors (Lipinski definition) is 5. The third-order valence-corrected chi connectivity index (χ3v) is 4.03. The molecule has 0 radical (unpaired) electrons. The molecule has 0 unspecified atom stereocenters. The minimum atomic E-state index is -0.0860. The van der Waals surface area contributed by atoms with Crippen molar-refractivity contribution in [1.29, 1.82) is 0 Å². The van der Waals surface area contributed by atoms with Crippen LogP contribution in [-0.4, -0.2) is 30.4 Å². The predicted molar refractivity (Wildman–Crippen MR) is 83.9 cm³/mol. The van der Waals surface area contributed by atoms with E-state index in [1.807, 2.05) is 31.1 Å². The fourth-order valence-electron chi connectivity index (χ4n) is 1.68. The SMILES string of the molecule is CN(C)c1cnn(CCNCc2ccc(Cl)s2)c(=O)c1. The summed E-state index contributed by atoms with van der Waals surface area (Å²) in [4.78, 5) is 14.9. The largest absolute Gasteiger partial charge is 0.376 e. The number of rotatable bonds is 6. The summed E-state index contributed by atoms with van der Waals surface area (Å²) in [6.07, 6.45) is 1.69. The standard InChI is InChI=1S/C13H17ClN4OS/c1-17(2)10-7-13(19)18(16-8-10)6-5-15-9-11-3-4-12(14)20-11/h3-4,7-8,15H,5-6,9H2,1-2H3. The number of halogens is 1. The Kier molecular flexibility index (Phi) is 5.17. The lowest BCUT2D eigenvalue weighted by atomic mass is 10.4. The maximum atomic E-state index is 11.8. The lowest BCUT2D eigenvalue weighted by Crippen LogP contribution is -2.29. The van der Waals surface area contributed by atoms with Crippen molar-refractivity contribution in [1.82, 2.24) is 15.1 Å². The van der Waals surface area contributed by atoms with Gasteiger partial charge in [0, 0.05) is 38.1 Å². The first kappa shape index (κ1) is 15.0. The Balaban J connectivity index is 1.83. The summed E-state index contributed by atoms with van der Waals surface area (Å²) in [5.74, 6) is 0. The Morgan fingerprint density at radius 3 is 2.85 bits per heavy atom. The molecule has 108 valence electrons. The fraction of sp³-hybridized carbons (Fsp3) is 0.385. The molecule has 0 aliphatic heterocycles. The highest BCUT2D eigenvalue weighted by Crippen LogP contribution is 2.20. The number of aromatic nitrogens is 2. The first-order valence-corrected chi connectivity index (χ1v) is 7.45. The van der Waals surface area contributed by atoms with E-state index in [0.29, 0.717) is 13.1 Å². The monoisotopic (exact) mass is 312 g/mol. The van der Waals surface area contributed by atoms with Crippen LogP contribution in [0.25, 0.3) is 0 Å². The van der Waals surface area contributed by atoms with Crippen molar-refractivity contribution < 1.29 is 0 Å². The zero-order chi connectivity index (χ0) is 14.5. The van der Waals surface area contributed by atoms with E-state index in [-0.39, 0.29) is 5.56 Å². The summed E-state index contributed by atoms with van der Waals surface area (Å²) in [5.41, 5.74) is 0.726. The Labute approximate surface area is 126 Å². The van der Waals surface area contributed by atoms with Gasteiger partial charge in [-0.15, -0.1) is 11.3 Å². The second-order valence-corrected chi connectivity index (χ2v) is 6.35. The van der Waals surface area contributed by atoms with Crippen LogP contribution >= 0.6 is 22.9 Å². The van der Waals surface area contributed by atoms with Crippen LogP contribution in [0, 0.1) is 0 Å². The van der Waals surface area contributed by atoms with Crippen molar-refractivity contribution in [3.63, 3.8) is 0 Å². The van der Waals surface area contributed by atoms with E-state index in [1.165, 1.54) is 9.56 Å². The van der Waals surface area contributed by atoms with Crippen LogP contribution in [0.15, 0.2) is 29.2 Å². The van der Waals surface area contributed by atoms with E-state index in [2.05, 4.69) is 10.4 Å². The van der Waals surface area contributed by atoms with E-state index in [4.69, 9.17) is 11.6 Å². The summed E-state index contributed by atoms with van der Waals surface area (Å²) >= 11 is 7.42. The van der Waals surface area contributed by atoms with Gasteiger partial charge in [-0.1, -0.05) is 11.6 Å². The fourth-order valence-corrected chi connectivity index (χ4v) is 2.74. The Hall–Kier alpha value is -1.37. The molecule has 2 heterocycles. The number of nitrogens with zero attached hydrogens (tertiary/aromatic N) is 3. The zero-order valence-electron chi connectivity index (χ0n) is 11.5. The molecule has 0 spiro atoms. The van der Waals surface area contributed by atoms with E-state index < -0.39 is 0 Å². The summed E-state index contributed by atoms with van der Waals surface area (Å²) in [6, 6.07) is 5.47. The van der Waals surface area contributed by atoms with Crippen LogP contribution < -0.4 is 15.8 Å². The molecule has 0 bridgehead atoms. The van der Waals surface area contributed by atoms with Gasteiger partial charge in [0.05, 0.1) is 22.8 Å². The maximum absolute atomic E-state index is 11.8. The normalized spacial score (nSPS) is 10.8. The van der Waals surface area contributed by atoms with Gasteiger partial charge < -0.3 is 10.2 Å². The van der Waals surface area contributed by atoms with E-state index in [1.54, 1.807) is 23.6 Å². The Bertz CT molecular complexity index is 623. The number of nitrogens with one attached hydrogen (secondary N) is 1. The minimum Gasteiger partial charge on any atom is -0.376 e. The minimum absolute atomic E-state index is 0.0860. The summed E-state index contributed by atoms with van der Waals surface area (Å²) in [5, 5.41) is 7.42. The van der Waals surface area contributed by atoms with Crippen molar-refractivity contribution in [3.05, 3.63) is 44.0 Å². The topological polar surface area (TPSA) is 50.2 Å². The lowest BCUT2D eigenvalue weighted by Gasteiger charge is -2.12. The molecule has 0 saturated heterocycles. The van der Waals surface area contributed by atoms with E-state index in [0.717, 1.165) is 16.6 Å². The van der Waals surface area contributed by atoms with Crippen LogP contribution in [0.1, 0.15) is 4.88 Å². The second-order valence-electron chi connectivity index (χ2n) is 4.55. The highest BCUT2D eigenvalue weighted by molar-refractivity contribution is 7.16. The zero-order valence-corrected chi connectivity index (χ0v) is 13.0. The summed E-state index contributed by atoms with van der Waals surface area (Å²) in [7, 11) is 3.77. The molecule has 0 saturated carbocycles. The van der Waals surface area contributed by atoms with Crippen LogP contribution in [0.5, 0.6) is 0 Å². The van der Waals surface area contributed by atoms with Gasteiger partial charge in [-0.05, 0) is 12.1 Å². The summed E-state index contributed by atoms with van der Waals surface area (Å²) in [6.45, 7) is 1.98. The molecule has 2 aromatic heterocycles. The third-order valence-electron chi connectivity index (χ3n) is 2.80. The van der Waals surface area contributed by atoms with Crippen molar-refractivity contribution >= 4 is 28.6 Å². The van der Waals surface area contributed by atoms with Gasteiger partial charge in [-0.3, -0.25) is 4.79 Å². The average molecular weight is 313 g/mol. The van der Waals surface area contributed by atoms with Crippen LogP contribution in [0.2, 0.25) is 4.34 Å². The molecule has 1 N–H and O–H groups in total. The highest BCUT2D eigenvalue weighted by Gasteiger charge is 2.02. The first-order valence-electron chi connectivity index (χ1n) is 6.25. The Morgan fingerprint density at radius 2 is 2.25 bits per heavy atom. The van der Waals surface area contributed by atoms with Crippen molar-refractivity contribution in [2.75, 3.05) is 25.5 Å². The average Bonchev–Trinajstić information content (AvgIpc) is 2.81. The molecular weight excluding hydrogens is 296 g/mol. The summed E-state index contributed by atoms with van der Waals surface area (Å²) < 4.78 is 2.25. The van der Waals surface area contributed by atoms with Gasteiger partial charge in [0.2, 0.25) is 0 Å². The highest BCUT2D eigenvalue weighted by atomic mass is 35.5. The second kappa shape index (κ2) is 6.88.